The lowest BCUT2D eigenvalue weighted by Gasteiger charge is -2.52. The molecule has 0 amide bonds. The van der Waals surface area contributed by atoms with E-state index in [1.807, 2.05) is 0 Å². The smallest absolute Gasteiger partial charge is 0.164 e. The Morgan fingerprint density at radius 1 is 1.17 bits per heavy atom. The van der Waals surface area contributed by atoms with Crippen molar-refractivity contribution in [1.82, 2.24) is 10.2 Å². The standard InChI is InChI=1S/C23H34N2O2.2ClH/c1-2-18(12-17-6-4-3-5-7-17)20-13-21(20)24-19-14-23(15-19)8-10-25(11-9-23)16-22(26)27;;/h3-7,12,19-22,24,26-27H,2,8-11,13-16H2,1H3;2*1H/b18-12+;;/t20-,21+;;/m1../s1. The molecule has 4 nitrogen and oxygen atoms in total. The molecule has 3 aliphatic rings. The van der Waals surface area contributed by atoms with E-state index in [1.54, 1.807) is 5.57 Å². The quantitative estimate of drug-likeness (QED) is 0.561. The predicted molar refractivity (Wildman–Crippen MR) is 124 cm³/mol. The molecule has 0 radical (unpaired) electrons. The van der Waals surface area contributed by atoms with Crippen LogP contribution in [0.25, 0.3) is 6.08 Å². The van der Waals surface area contributed by atoms with E-state index in [1.165, 1.54) is 37.7 Å². The molecule has 3 N–H and O–H groups in total. The molecule has 2 aliphatic carbocycles. The molecule has 1 saturated heterocycles. The predicted octanol–water partition coefficient (Wildman–Crippen LogP) is 3.86. The lowest BCUT2D eigenvalue weighted by molar-refractivity contribution is -0.0779. The Bertz CT molecular complexity index is 652. The second-order valence-electron chi connectivity index (χ2n) is 8.99. The highest BCUT2D eigenvalue weighted by molar-refractivity contribution is 5.85. The number of β-amino-alcohol motifs (C(OH)–C–C–N with tert-alkyl or cyclic N) is 2. The van der Waals surface area contributed by atoms with Gasteiger partial charge in [0.15, 0.2) is 6.29 Å². The first-order chi connectivity index (χ1) is 13.1. The van der Waals surface area contributed by atoms with Crippen molar-refractivity contribution in [1.29, 1.82) is 0 Å². The maximum Gasteiger partial charge on any atom is 0.164 e. The molecule has 1 heterocycles. The Morgan fingerprint density at radius 2 is 1.83 bits per heavy atom. The van der Waals surface area contributed by atoms with Gasteiger partial charge in [-0.1, -0.05) is 48.9 Å². The molecule has 0 aromatic heterocycles. The first kappa shape index (κ1) is 24.6. The monoisotopic (exact) mass is 442 g/mol. The minimum Gasteiger partial charge on any atom is -0.367 e. The van der Waals surface area contributed by atoms with Crippen molar-refractivity contribution in [2.75, 3.05) is 19.6 Å². The number of hydrogen-bond acceptors (Lipinski definition) is 4. The van der Waals surface area contributed by atoms with Crippen molar-refractivity contribution in [2.24, 2.45) is 11.3 Å². The van der Waals surface area contributed by atoms with Crippen LogP contribution in [0.4, 0.5) is 0 Å². The maximum absolute atomic E-state index is 9.14. The molecule has 0 bridgehead atoms. The normalized spacial score (nSPS) is 26.6. The van der Waals surface area contributed by atoms with Crippen LogP contribution in [0, 0.1) is 11.3 Å². The molecule has 6 heteroatoms. The number of halogens is 2. The zero-order chi connectivity index (χ0) is 18.9. The largest absolute Gasteiger partial charge is 0.367 e. The van der Waals surface area contributed by atoms with Gasteiger partial charge in [-0.2, -0.15) is 0 Å². The topological polar surface area (TPSA) is 55.7 Å². The van der Waals surface area contributed by atoms with Gasteiger partial charge >= 0.3 is 0 Å². The molecule has 1 aromatic carbocycles. The van der Waals surface area contributed by atoms with Gasteiger partial charge in [0.25, 0.3) is 0 Å². The number of rotatable bonds is 7. The average Bonchev–Trinajstić information content (AvgIpc) is 3.39. The van der Waals surface area contributed by atoms with Gasteiger partial charge in [-0.3, -0.25) is 4.90 Å². The Labute approximate surface area is 187 Å². The van der Waals surface area contributed by atoms with Crippen molar-refractivity contribution < 1.29 is 10.2 Å². The summed E-state index contributed by atoms with van der Waals surface area (Å²) in [5.41, 5.74) is 3.43. The third kappa shape index (κ3) is 6.19. The van der Waals surface area contributed by atoms with Gasteiger partial charge in [0.2, 0.25) is 0 Å². The summed E-state index contributed by atoms with van der Waals surface area (Å²) in [6.45, 7) is 4.70. The van der Waals surface area contributed by atoms with Crippen molar-refractivity contribution in [2.45, 2.75) is 63.8 Å². The van der Waals surface area contributed by atoms with Crippen molar-refractivity contribution >= 4 is 30.9 Å². The van der Waals surface area contributed by atoms with Crippen LogP contribution in [0.2, 0.25) is 0 Å². The van der Waals surface area contributed by atoms with Gasteiger partial charge in [-0.15, -0.1) is 24.8 Å². The highest BCUT2D eigenvalue weighted by Gasteiger charge is 2.49. The Morgan fingerprint density at radius 3 is 2.41 bits per heavy atom. The van der Waals surface area contributed by atoms with E-state index in [9.17, 15) is 0 Å². The highest BCUT2D eigenvalue weighted by atomic mass is 35.5. The van der Waals surface area contributed by atoms with Crippen molar-refractivity contribution in [3.63, 3.8) is 0 Å². The number of nitrogens with one attached hydrogen (secondary N) is 1. The Balaban J connectivity index is 0.00000150. The van der Waals surface area contributed by atoms with Gasteiger partial charge in [-0.05, 0) is 68.5 Å². The summed E-state index contributed by atoms with van der Waals surface area (Å²) in [6.07, 6.45) is 8.64. The number of aliphatic hydroxyl groups is 2. The van der Waals surface area contributed by atoms with Crippen molar-refractivity contribution in [3.8, 4) is 0 Å². The fourth-order valence-corrected chi connectivity index (χ4v) is 5.28. The fourth-order valence-electron chi connectivity index (χ4n) is 5.28. The minimum absolute atomic E-state index is 0. The van der Waals surface area contributed by atoms with E-state index in [0.717, 1.165) is 25.4 Å². The first-order valence-corrected chi connectivity index (χ1v) is 10.7. The second kappa shape index (κ2) is 10.6. The summed E-state index contributed by atoms with van der Waals surface area (Å²) in [6, 6.07) is 12.0. The zero-order valence-corrected chi connectivity index (χ0v) is 18.9. The molecular weight excluding hydrogens is 407 g/mol. The summed E-state index contributed by atoms with van der Waals surface area (Å²) < 4.78 is 0. The summed E-state index contributed by atoms with van der Waals surface area (Å²) in [5.74, 6) is 0.722. The number of nitrogens with zero attached hydrogens (tertiary/aromatic N) is 1. The first-order valence-electron chi connectivity index (χ1n) is 10.7. The van der Waals surface area contributed by atoms with E-state index in [0.29, 0.717) is 24.0 Å². The Kier molecular flexibility index (Phi) is 9.02. The second-order valence-corrected chi connectivity index (χ2v) is 8.99. The van der Waals surface area contributed by atoms with Gasteiger partial charge < -0.3 is 15.5 Å². The van der Waals surface area contributed by atoms with E-state index >= 15 is 0 Å². The fraction of sp³-hybridized carbons (Fsp3) is 0.652. The molecule has 1 spiro atoms. The van der Waals surface area contributed by atoms with E-state index in [2.05, 4.69) is 53.5 Å². The molecule has 29 heavy (non-hydrogen) atoms. The number of aliphatic hydroxyl groups excluding tert-OH is 1. The van der Waals surface area contributed by atoms with Gasteiger partial charge in [-0.25, -0.2) is 0 Å². The molecule has 164 valence electrons. The van der Waals surface area contributed by atoms with Gasteiger partial charge in [0, 0.05) is 18.6 Å². The number of likely N-dealkylation sites (tertiary alicyclic amines) is 1. The molecule has 2 saturated carbocycles. The number of hydrogen-bond donors (Lipinski definition) is 3. The zero-order valence-electron chi connectivity index (χ0n) is 17.3. The van der Waals surface area contributed by atoms with Crippen LogP contribution in [-0.4, -0.2) is 53.1 Å². The van der Waals surface area contributed by atoms with E-state index in [-0.39, 0.29) is 24.8 Å². The molecule has 1 aromatic rings. The van der Waals surface area contributed by atoms with Crippen LogP contribution in [0.3, 0.4) is 0 Å². The summed E-state index contributed by atoms with van der Waals surface area (Å²) in [7, 11) is 0. The average molecular weight is 443 g/mol. The molecular formula is C23H36Cl2N2O2. The van der Waals surface area contributed by atoms with Gasteiger partial charge in [0.05, 0.1) is 0 Å². The van der Waals surface area contributed by atoms with Crippen LogP contribution in [-0.2, 0) is 0 Å². The number of piperidine rings is 1. The van der Waals surface area contributed by atoms with Crippen LogP contribution in [0.1, 0.15) is 51.0 Å². The summed E-state index contributed by atoms with van der Waals surface area (Å²) >= 11 is 0. The molecule has 4 rings (SSSR count). The van der Waals surface area contributed by atoms with Gasteiger partial charge in [0.1, 0.15) is 0 Å². The number of benzene rings is 1. The summed E-state index contributed by atoms with van der Waals surface area (Å²) in [4.78, 5) is 2.19. The Hall–Kier alpha value is -0.620. The van der Waals surface area contributed by atoms with Crippen LogP contribution in [0.5, 0.6) is 0 Å². The van der Waals surface area contributed by atoms with Crippen LogP contribution >= 0.6 is 24.8 Å². The highest BCUT2D eigenvalue weighted by Crippen LogP contribution is 2.50. The third-order valence-corrected chi connectivity index (χ3v) is 6.97. The lowest BCUT2D eigenvalue weighted by Crippen LogP contribution is -2.55. The third-order valence-electron chi connectivity index (χ3n) is 6.97. The molecule has 0 unspecified atom stereocenters. The molecule has 1 aliphatic heterocycles. The summed E-state index contributed by atoms with van der Waals surface area (Å²) in [5, 5.41) is 22.2. The maximum atomic E-state index is 9.14. The molecule has 3 fully saturated rings. The lowest BCUT2D eigenvalue weighted by atomic mass is 9.60. The minimum atomic E-state index is -1.20. The van der Waals surface area contributed by atoms with Crippen molar-refractivity contribution in [3.05, 3.63) is 41.5 Å². The SMILES string of the molecule is CC/C(=C\c1ccccc1)[C@H]1C[C@@H]1NC1CC2(CCN(CC(O)O)CC2)C1.Cl.Cl. The van der Waals surface area contributed by atoms with E-state index in [4.69, 9.17) is 10.2 Å². The van der Waals surface area contributed by atoms with Crippen LogP contribution in [0.15, 0.2) is 35.9 Å². The van der Waals surface area contributed by atoms with Crippen LogP contribution < -0.4 is 5.32 Å². The molecule has 2 atom stereocenters. The van der Waals surface area contributed by atoms with E-state index < -0.39 is 6.29 Å².